The first-order valence-corrected chi connectivity index (χ1v) is 5.10. The van der Waals surface area contributed by atoms with Crippen molar-refractivity contribution in [1.82, 2.24) is 0 Å². The van der Waals surface area contributed by atoms with Crippen molar-refractivity contribution >= 4 is 21.5 Å². The second-order valence-electron chi connectivity index (χ2n) is 3.79. The Bertz CT molecular complexity index is 572. The summed E-state index contributed by atoms with van der Waals surface area (Å²) in [4.78, 5) is 0. The van der Waals surface area contributed by atoms with Gasteiger partial charge in [-0.15, -0.1) is 0 Å². The van der Waals surface area contributed by atoms with Gasteiger partial charge in [0.15, 0.2) is 0 Å². The number of phenols is 2. The Labute approximate surface area is 97.9 Å². The SMILES string of the molecule is O.Oc1c2ccccc2c(O)c2ccccc12. The van der Waals surface area contributed by atoms with E-state index in [-0.39, 0.29) is 17.0 Å². The number of aromatic hydroxyl groups is 2. The molecule has 0 fully saturated rings. The summed E-state index contributed by atoms with van der Waals surface area (Å²) in [5.74, 6) is 0.452. The zero-order valence-electron chi connectivity index (χ0n) is 9.01. The van der Waals surface area contributed by atoms with Crippen LogP contribution in [0.4, 0.5) is 0 Å². The summed E-state index contributed by atoms with van der Waals surface area (Å²) < 4.78 is 0. The smallest absolute Gasteiger partial charge is 0.131 e. The van der Waals surface area contributed by atoms with E-state index in [4.69, 9.17) is 0 Å². The van der Waals surface area contributed by atoms with Crippen molar-refractivity contribution in [2.45, 2.75) is 0 Å². The summed E-state index contributed by atoms with van der Waals surface area (Å²) in [6.45, 7) is 0. The molecule has 17 heavy (non-hydrogen) atoms. The van der Waals surface area contributed by atoms with E-state index >= 15 is 0 Å². The minimum atomic E-state index is 0. The van der Waals surface area contributed by atoms with Gasteiger partial charge in [-0.2, -0.15) is 0 Å². The van der Waals surface area contributed by atoms with Gasteiger partial charge in [0.2, 0.25) is 0 Å². The predicted octanol–water partition coefficient (Wildman–Crippen LogP) is 2.58. The number of phenolic OH excluding ortho intramolecular Hbond substituents is 2. The van der Waals surface area contributed by atoms with Gasteiger partial charge in [-0.3, -0.25) is 0 Å². The fourth-order valence-electron chi connectivity index (χ4n) is 2.08. The van der Waals surface area contributed by atoms with Gasteiger partial charge in [-0.05, 0) is 0 Å². The van der Waals surface area contributed by atoms with E-state index in [0.29, 0.717) is 21.5 Å². The molecule has 0 radical (unpaired) electrons. The highest BCUT2D eigenvalue weighted by Gasteiger charge is 2.10. The van der Waals surface area contributed by atoms with Crippen LogP contribution in [0, 0.1) is 0 Å². The molecule has 0 atom stereocenters. The van der Waals surface area contributed by atoms with Crippen LogP contribution >= 0.6 is 0 Å². The van der Waals surface area contributed by atoms with Crippen molar-refractivity contribution in [3.63, 3.8) is 0 Å². The van der Waals surface area contributed by atoms with E-state index in [1.54, 1.807) is 24.3 Å². The van der Waals surface area contributed by atoms with Gasteiger partial charge in [-0.1, -0.05) is 48.5 Å². The zero-order valence-corrected chi connectivity index (χ0v) is 9.01. The molecule has 86 valence electrons. The average Bonchev–Trinajstić information content (AvgIpc) is 2.36. The molecule has 3 heteroatoms. The quantitative estimate of drug-likeness (QED) is 0.458. The van der Waals surface area contributed by atoms with Crippen molar-refractivity contribution < 1.29 is 15.7 Å². The number of benzene rings is 3. The summed E-state index contributed by atoms with van der Waals surface area (Å²) in [6, 6.07) is 14.6. The van der Waals surface area contributed by atoms with Crippen LogP contribution < -0.4 is 0 Å². The molecule has 3 aromatic carbocycles. The monoisotopic (exact) mass is 228 g/mol. The molecule has 0 heterocycles. The van der Waals surface area contributed by atoms with Crippen LogP contribution in [0.2, 0.25) is 0 Å². The lowest BCUT2D eigenvalue weighted by atomic mass is 10.0. The van der Waals surface area contributed by atoms with Crippen LogP contribution in [-0.4, -0.2) is 15.7 Å². The Hall–Kier alpha value is -2.26. The second-order valence-corrected chi connectivity index (χ2v) is 3.79. The van der Waals surface area contributed by atoms with Gasteiger partial charge < -0.3 is 15.7 Å². The fourth-order valence-corrected chi connectivity index (χ4v) is 2.08. The van der Waals surface area contributed by atoms with Crippen LogP contribution in [-0.2, 0) is 0 Å². The van der Waals surface area contributed by atoms with Crippen molar-refractivity contribution in [2.24, 2.45) is 0 Å². The van der Waals surface area contributed by atoms with Gasteiger partial charge in [-0.25, -0.2) is 0 Å². The highest BCUT2D eigenvalue weighted by molar-refractivity contribution is 6.10. The molecule has 0 aromatic heterocycles. The van der Waals surface area contributed by atoms with Crippen LogP contribution in [0.15, 0.2) is 48.5 Å². The van der Waals surface area contributed by atoms with Crippen LogP contribution in [0.1, 0.15) is 0 Å². The summed E-state index contributed by atoms with van der Waals surface area (Å²) in [6.07, 6.45) is 0. The lowest BCUT2D eigenvalue weighted by Gasteiger charge is -2.08. The molecule has 3 nitrogen and oxygen atoms in total. The first kappa shape index (κ1) is 11.2. The molecule has 3 aromatic rings. The fraction of sp³-hybridized carbons (Fsp3) is 0. The molecule has 0 amide bonds. The predicted molar refractivity (Wildman–Crippen MR) is 68.4 cm³/mol. The second kappa shape index (κ2) is 3.96. The van der Waals surface area contributed by atoms with Gasteiger partial charge in [0.05, 0.1) is 0 Å². The molecule has 0 aliphatic carbocycles. The minimum absolute atomic E-state index is 0. The van der Waals surface area contributed by atoms with Crippen LogP contribution in [0.3, 0.4) is 0 Å². The van der Waals surface area contributed by atoms with Crippen molar-refractivity contribution in [1.29, 1.82) is 0 Å². The minimum Gasteiger partial charge on any atom is -0.507 e. The maximum absolute atomic E-state index is 10.1. The maximum atomic E-state index is 10.1. The highest BCUT2D eigenvalue weighted by Crippen LogP contribution is 2.40. The Balaban J connectivity index is 0.00000108. The van der Waals surface area contributed by atoms with Crippen LogP contribution in [0.25, 0.3) is 21.5 Å². The first-order valence-electron chi connectivity index (χ1n) is 5.10. The molecule has 0 spiro atoms. The van der Waals surface area contributed by atoms with Gasteiger partial charge in [0, 0.05) is 21.5 Å². The molecule has 4 N–H and O–H groups in total. The van der Waals surface area contributed by atoms with Crippen molar-refractivity contribution in [2.75, 3.05) is 0 Å². The van der Waals surface area contributed by atoms with E-state index in [1.165, 1.54) is 0 Å². The topological polar surface area (TPSA) is 72.0 Å². The Morgan fingerprint density at radius 2 is 0.765 bits per heavy atom. The molecule has 3 rings (SSSR count). The molecule has 0 saturated heterocycles. The Morgan fingerprint density at radius 3 is 1.00 bits per heavy atom. The normalized spacial score (nSPS) is 10.4. The highest BCUT2D eigenvalue weighted by atomic mass is 16.3. The third-order valence-electron chi connectivity index (χ3n) is 2.87. The third-order valence-corrected chi connectivity index (χ3v) is 2.87. The number of rotatable bonds is 0. The van der Waals surface area contributed by atoms with E-state index in [0.717, 1.165) is 0 Å². The molecule has 0 saturated carbocycles. The molecular formula is C14H12O3. The van der Waals surface area contributed by atoms with E-state index < -0.39 is 0 Å². The lowest BCUT2D eigenvalue weighted by Crippen LogP contribution is -1.80. The average molecular weight is 228 g/mol. The standard InChI is InChI=1S/C14H10O2.H2O/c15-13-9-5-1-2-6-10(9)14(16)12-8-4-3-7-11(12)13;/h1-8,15-16H;1H2. The molecule has 0 unspecified atom stereocenters. The molecule has 0 aliphatic heterocycles. The Kier molecular flexibility index (Phi) is 2.61. The summed E-state index contributed by atoms with van der Waals surface area (Å²) in [5.41, 5.74) is 0. The zero-order chi connectivity index (χ0) is 11.1. The Morgan fingerprint density at radius 1 is 0.529 bits per heavy atom. The largest absolute Gasteiger partial charge is 0.507 e. The first-order chi connectivity index (χ1) is 7.79. The number of fused-ring (bicyclic) bond motifs is 2. The molecule has 0 aliphatic rings. The van der Waals surface area contributed by atoms with Gasteiger partial charge in [0.25, 0.3) is 0 Å². The van der Waals surface area contributed by atoms with Crippen molar-refractivity contribution in [3.8, 4) is 11.5 Å². The number of hydrogen-bond acceptors (Lipinski definition) is 2. The van der Waals surface area contributed by atoms with Gasteiger partial charge in [0.1, 0.15) is 11.5 Å². The third kappa shape index (κ3) is 1.48. The summed E-state index contributed by atoms with van der Waals surface area (Å²) in [5, 5.41) is 23.0. The summed E-state index contributed by atoms with van der Waals surface area (Å²) >= 11 is 0. The van der Waals surface area contributed by atoms with Crippen LogP contribution in [0.5, 0.6) is 11.5 Å². The molecular weight excluding hydrogens is 216 g/mol. The molecule has 0 bridgehead atoms. The maximum Gasteiger partial charge on any atom is 0.131 e. The summed E-state index contributed by atoms with van der Waals surface area (Å²) in [7, 11) is 0. The van der Waals surface area contributed by atoms with Gasteiger partial charge >= 0.3 is 0 Å². The number of hydrogen-bond donors (Lipinski definition) is 2. The van der Waals surface area contributed by atoms with E-state index in [2.05, 4.69) is 0 Å². The van der Waals surface area contributed by atoms with E-state index in [9.17, 15) is 10.2 Å². The van der Waals surface area contributed by atoms with Crippen molar-refractivity contribution in [3.05, 3.63) is 48.5 Å². The van der Waals surface area contributed by atoms with E-state index in [1.807, 2.05) is 24.3 Å². The lowest BCUT2D eigenvalue weighted by molar-refractivity contribution is 0.478.